The molecule has 14 nitrogen and oxygen atoms in total. The van der Waals surface area contributed by atoms with E-state index in [9.17, 15) is 23.3 Å². The van der Waals surface area contributed by atoms with E-state index in [1.807, 2.05) is 29.0 Å². The number of benzene rings is 1. The molecule has 1 amide bonds. The fraction of sp³-hybridized carbons (Fsp3) is 0.320. The Morgan fingerprint density at radius 1 is 1.10 bits per heavy atom. The van der Waals surface area contributed by atoms with Crippen LogP contribution >= 0.6 is 11.3 Å². The van der Waals surface area contributed by atoms with Gasteiger partial charge >= 0.3 is 0 Å². The van der Waals surface area contributed by atoms with Gasteiger partial charge in [-0.3, -0.25) is 28.9 Å². The third-order valence-corrected chi connectivity index (χ3v) is 9.21. The highest BCUT2D eigenvalue weighted by Gasteiger charge is 2.30. The molecule has 0 aliphatic carbocycles. The number of hydrogen-bond acceptors (Lipinski definition) is 13. The number of anilines is 2. The van der Waals surface area contributed by atoms with Crippen molar-refractivity contribution in [1.82, 2.24) is 24.8 Å². The molecule has 2 saturated heterocycles. The second-order valence-corrected chi connectivity index (χ2v) is 12.3. The van der Waals surface area contributed by atoms with Gasteiger partial charge in [0.25, 0.3) is 15.8 Å². The van der Waals surface area contributed by atoms with E-state index in [2.05, 4.69) is 19.9 Å². The maximum atomic E-state index is 12.7. The van der Waals surface area contributed by atoms with Crippen LogP contribution in [-0.4, -0.2) is 90.0 Å². The van der Waals surface area contributed by atoms with E-state index in [4.69, 9.17) is 4.18 Å². The first-order chi connectivity index (χ1) is 19.7. The summed E-state index contributed by atoms with van der Waals surface area (Å²) in [4.78, 5) is 46.8. The van der Waals surface area contributed by atoms with E-state index >= 15 is 0 Å². The lowest BCUT2D eigenvalue weighted by Gasteiger charge is -2.30. The number of thiazole rings is 1. The van der Waals surface area contributed by atoms with Crippen molar-refractivity contribution in [2.75, 3.05) is 49.6 Å². The molecule has 0 bridgehead atoms. The molecule has 1 aromatic carbocycles. The van der Waals surface area contributed by atoms with Gasteiger partial charge in [-0.15, -0.1) is 0 Å². The van der Waals surface area contributed by atoms with E-state index in [0.717, 1.165) is 18.2 Å². The number of nitro groups is 1. The van der Waals surface area contributed by atoms with Gasteiger partial charge in [0, 0.05) is 50.1 Å². The van der Waals surface area contributed by atoms with Crippen molar-refractivity contribution in [3.05, 3.63) is 58.9 Å². The van der Waals surface area contributed by atoms with Gasteiger partial charge in [-0.2, -0.15) is 13.4 Å². The van der Waals surface area contributed by atoms with Crippen LogP contribution in [0.3, 0.4) is 0 Å². The van der Waals surface area contributed by atoms with Crippen molar-refractivity contribution in [2.45, 2.75) is 17.4 Å². The number of carbonyl (C=O) groups excluding carboxylic acids is 1. The molecule has 0 unspecified atom stereocenters. The van der Waals surface area contributed by atoms with Crippen LogP contribution < -0.4 is 9.80 Å². The van der Waals surface area contributed by atoms with Crippen molar-refractivity contribution in [2.24, 2.45) is 0 Å². The summed E-state index contributed by atoms with van der Waals surface area (Å²) in [7, 11) is -2.27. The number of nitrogens with zero attached hydrogens (tertiary/aromatic N) is 8. The SMILES string of the molecule is CN1CCN(c2ncc3nc(-c4ccc(N5CC[C@H](OS(=O)(=O)c6cccc([N+](=O)[O-])c6)C5)nc4)sc3n2)C(=O)C1. The molecule has 2 aliphatic heterocycles. The number of piperazine rings is 1. The number of aromatic nitrogens is 4. The Morgan fingerprint density at radius 3 is 2.71 bits per heavy atom. The number of non-ortho nitro benzene ring substituents is 1. The lowest BCUT2D eigenvalue weighted by molar-refractivity contribution is -0.385. The average molecular weight is 597 g/mol. The molecule has 0 radical (unpaired) electrons. The Hall–Kier alpha value is -4.12. The second-order valence-electron chi connectivity index (χ2n) is 9.73. The minimum absolute atomic E-state index is 0.0428. The first-order valence-corrected chi connectivity index (χ1v) is 14.9. The van der Waals surface area contributed by atoms with Gasteiger partial charge in [-0.05, 0) is 31.7 Å². The molecule has 0 spiro atoms. The van der Waals surface area contributed by atoms with Crippen LogP contribution in [0.4, 0.5) is 17.5 Å². The van der Waals surface area contributed by atoms with E-state index in [-0.39, 0.29) is 16.5 Å². The summed E-state index contributed by atoms with van der Waals surface area (Å²) in [6.07, 6.45) is 3.15. The summed E-state index contributed by atoms with van der Waals surface area (Å²) in [5, 5.41) is 11.7. The van der Waals surface area contributed by atoms with Crippen LogP contribution in [-0.2, 0) is 19.1 Å². The normalized spacial score (nSPS) is 18.4. The maximum Gasteiger partial charge on any atom is 0.297 e. The summed E-state index contributed by atoms with van der Waals surface area (Å²) >= 11 is 1.38. The van der Waals surface area contributed by atoms with Crippen LogP contribution in [0.2, 0.25) is 0 Å². The number of carbonyl (C=O) groups is 1. The molecule has 2 fully saturated rings. The van der Waals surface area contributed by atoms with Crippen LogP contribution in [0.1, 0.15) is 6.42 Å². The zero-order chi connectivity index (χ0) is 28.7. The molecule has 1 atom stereocenters. The molecule has 5 heterocycles. The first kappa shape index (κ1) is 27.1. The molecule has 212 valence electrons. The maximum absolute atomic E-state index is 12.7. The Balaban J connectivity index is 1.12. The van der Waals surface area contributed by atoms with E-state index in [1.54, 1.807) is 17.3 Å². The Bertz CT molecular complexity index is 1750. The zero-order valence-electron chi connectivity index (χ0n) is 21.8. The number of rotatable bonds is 7. The predicted octanol–water partition coefficient (Wildman–Crippen LogP) is 2.32. The summed E-state index contributed by atoms with van der Waals surface area (Å²) in [6.45, 7) is 2.43. The summed E-state index contributed by atoms with van der Waals surface area (Å²) in [5.74, 6) is 0.987. The van der Waals surface area contributed by atoms with Gasteiger partial charge < -0.3 is 4.90 Å². The van der Waals surface area contributed by atoms with Gasteiger partial charge in [-0.1, -0.05) is 17.4 Å². The number of likely N-dealkylation sites (N-methyl/N-ethyl adjacent to an activating group) is 1. The molecule has 0 N–H and O–H groups in total. The van der Waals surface area contributed by atoms with E-state index in [1.165, 1.54) is 29.5 Å². The Labute approximate surface area is 238 Å². The van der Waals surface area contributed by atoms with Crippen LogP contribution in [0, 0.1) is 10.1 Å². The molecule has 4 aromatic rings. The molecule has 3 aromatic heterocycles. The van der Waals surface area contributed by atoms with Crippen molar-refractivity contribution < 1.29 is 22.3 Å². The topological polar surface area (TPSA) is 165 Å². The summed E-state index contributed by atoms with van der Waals surface area (Å²) < 4.78 is 30.8. The smallest absolute Gasteiger partial charge is 0.297 e. The van der Waals surface area contributed by atoms with Gasteiger partial charge in [0.05, 0.1) is 23.8 Å². The van der Waals surface area contributed by atoms with Gasteiger partial charge in [0.1, 0.15) is 26.1 Å². The quantitative estimate of drug-likeness (QED) is 0.174. The fourth-order valence-electron chi connectivity index (χ4n) is 4.68. The van der Waals surface area contributed by atoms with E-state index < -0.39 is 21.1 Å². The summed E-state index contributed by atoms with van der Waals surface area (Å²) in [5.41, 5.74) is 1.09. The number of pyridine rings is 1. The highest BCUT2D eigenvalue weighted by atomic mass is 32.2. The van der Waals surface area contributed by atoms with Crippen molar-refractivity contribution >= 4 is 55.2 Å². The number of amides is 1. The Kier molecular flexibility index (Phi) is 7.06. The molecule has 41 heavy (non-hydrogen) atoms. The first-order valence-electron chi connectivity index (χ1n) is 12.7. The van der Waals surface area contributed by atoms with Crippen LogP contribution in [0.15, 0.2) is 53.7 Å². The molecular formula is C25H24N8O6S2. The summed E-state index contributed by atoms with van der Waals surface area (Å²) in [6, 6.07) is 8.51. The van der Waals surface area contributed by atoms with Crippen molar-refractivity contribution in [3.63, 3.8) is 0 Å². The second kappa shape index (κ2) is 10.7. The zero-order valence-corrected chi connectivity index (χ0v) is 23.4. The molecule has 6 rings (SSSR count). The highest BCUT2D eigenvalue weighted by molar-refractivity contribution is 7.86. The molecule has 2 aliphatic rings. The Morgan fingerprint density at radius 2 is 1.95 bits per heavy atom. The van der Waals surface area contributed by atoms with Gasteiger partial charge in [0.15, 0.2) is 0 Å². The molecular weight excluding hydrogens is 572 g/mol. The minimum atomic E-state index is -4.17. The molecule has 16 heteroatoms. The third-order valence-electron chi connectivity index (χ3n) is 6.83. The molecule has 0 saturated carbocycles. The fourth-order valence-corrected chi connectivity index (χ4v) is 6.72. The predicted molar refractivity (Wildman–Crippen MR) is 150 cm³/mol. The van der Waals surface area contributed by atoms with Gasteiger partial charge in [0.2, 0.25) is 11.9 Å². The van der Waals surface area contributed by atoms with Crippen molar-refractivity contribution in [1.29, 1.82) is 0 Å². The average Bonchev–Trinajstić information content (AvgIpc) is 3.60. The van der Waals surface area contributed by atoms with E-state index in [0.29, 0.717) is 59.7 Å². The third kappa shape index (κ3) is 5.58. The highest BCUT2D eigenvalue weighted by Crippen LogP contribution is 2.31. The largest absolute Gasteiger partial charge is 0.354 e. The van der Waals surface area contributed by atoms with Crippen molar-refractivity contribution in [3.8, 4) is 10.6 Å². The minimum Gasteiger partial charge on any atom is -0.354 e. The van der Waals surface area contributed by atoms with Gasteiger partial charge in [-0.25, -0.2) is 15.0 Å². The lowest BCUT2D eigenvalue weighted by atomic mass is 10.3. The number of hydrogen-bond donors (Lipinski definition) is 0. The lowest BCUT2D eigenvalue weighted by Crippen LogP contribution is -2.49. The number of nitro benzene ring substituents is 1. The number of fused-ring (bicyclic) bond motifs is 1. The standard InChI is InChI=1S/C25H24N8O6S2/c1-30-9-10-32(22(34)15-30)25-27-13-20-24(29-25)40-23(28-20)16-5-6-21(26-12-16)31-8-7-18(14-31)39-41(37,38)19-4-2-3-17(11-19)33(35)36/h2-6,11-13,18H,7-10,14-15H2,1H3/t18-/m0/s1. The monoisotopic (exact) mass is 596 g/mol. The van der Waals surface area contributed by atoms with Crippen LogP contribution in [0.25, 0.3) is 20.9 Å². The van der Waals surface area contributed by atoms with Crippen LogP contribution in [0.5, 0.6) is 0 Å².